The standard InChI is InChI=1S/C30H38N8O2/c1-3-15-32-28(39)24-19-33-29(34-22-6-8-23(9-7-22)38-16-12-20(18-31)13-17-38)37-27(24)36-25-10-5-21-11-14-30(40,4-2)26(21)35-25/h3,5-10,19-20,40H,1,4,11-18,31H2,2H3,(H,32,39)(H2,33,34,35,36,37)/t30-/m1/s1. The molecule has 1 atom stereocenters. The molecule has 1 aliphatic carbocycles. The van der Waals surface area contributed by atoms with Crippen LogP contribution >= 0.6 is 0 Å². The number of nitrogens with one attached hydrogen (secondary N) is 3. The van der Waals surface area contributed by atoms with Crippen LogP contribution in [0.3, 0.4) is 0 Å². The molecule has 1 saturated heterocycles. The van der Waals surface area contributed by atoms with Crippen molar-refractivity contribution in [3.63, 3.8) is 0 Å². The van der Waals surface area contributed by atoms with Crippen LogP contribution in [0.15, 0.2) is 55.3 Å². The number of anilines is 5. The van der Waals surface area contributed by atoms with E-state index in [-0.39, 0.29) is 11.5 Å². The Balaban J connectivity index is 1.36. The van der Waals surface area contributed by atoms with Crippen LogP contribution in [0.1, 0.15) is 54.2 Å². The van der Waals surface area contributed by atoms with E-state index in [4.69, 9.17) is 10.7 Å². The summed E-state index contributed by atoms with van der Waals surface area (Å²) < 4.78 is 0. The molecule has 40 heavy (non-hydrogen) atoms. The highest BCUT2D eigenvalue weighted by atomic mass is 16.3. The maximum absolute atomic E-state index is 12.9. The van der Waals surface area contributed by atoms with Gasteiger partial charge in [-0.1, -0.05) is 19.1 Å². The van der Waals surface area contributed by atoms with Crippen LogP contribution in [0.2, 0.25) is 0 Å². The van der Waals surface area contributed by atoms with Gasteiger partial charge in [0.1, 0.15) is 22.8 Å². The number of rotatable bonds is 10. The Morgan fingerprint density at radius 1 is 1.18 bits per heavy atom. The molecule has 1 fully saturated rings. The molecule has 2 aliphatic rings. The Morgan fingerprint density at radius 2 is 1.95 bits per heavy atom. The molecule has 6 N–H and O–H groups in total. The van der Waals surface area contributed by atoms with Crippen molar-refractivity contribution in [2.75, 3.05) is 41.7 Å². The number of carbonyl (C=O) groups excluding carboxylic acids is 1. The lowest BCUT2D eigenvalue weighted by Gasteiger charge is -2.33. The average molecular weight is 543 g/mol. The predicted octanol–water partition coefficient (Wildman–Crippen LogP) is 3.99. The maximum atomic E-state index is 12.9. The average Bonchev–Trinajstić information content (AvgIpc) is 3.32. The van der Waals surface area contributed by atoms with Crippen molar-refractivity contribution in [3.8, 4) is 0 Å². The second kappa shape index (κ2) is 12.0. The summed E-state index contributed by atoms with van der Waals surface area (Å²) in [5.74, 6) is 1.43. The van der Waals surface area contributed by atoms with Crippen molar-refractivity contribution < 1.29 is 9.90 Å². The number of aromatic nitrogens is 3. The van der Waals surface area contributed by atoms with E-state index in [0.29, 0.717) is 48.6 Å². The van der Waals surface area contributed by atoms with E-state index in [9.17, 15) is 9.90 Å². The first-order valence-electron chi connectivity index (χ1n) is 14.0. The summed E-state index contributed by atoms with van der Waals surface area (Å²) >= 11 is 0. The zero-order chi connectivity index (χ0) is 28.1. The number of amides is 1. The molecule has 0 unspecified atom stereocenters. The largest absolute Gasteiger partial charge is 0.384 e. The van der Waals surface area contributed by atoms with Crippen LogP contribution in [0.4, 0.5) is 29.0 Å². The minimum absolute atomic E-state index is 0.275. The fourth-order valence-corrected chi connectivity index (χ4v) is 5.36. The molecule has 3 heterocycles. The second-order valence-corrected chi connectivity index (χ2v) is 10.5. The molecule has 1 aliphatic heterocycles. The number of hydrogen-bond acceptors (Lipinski definition) is 9. The minimum atomic E-state index is -0.942. The van der Waals surface area contributed by atoms with Gasteiger partial charge in [0.2, 0.25) is 5.95 Å². The number of benzene rings is 1. The molecule has 0 spiro atoms. The third-order valence-electron chi connectivity index (χ3n) is 7.94. The van der Waals surface area contributed by atoms with Gasteiger partial charge in [0.25, 0.3) is 5.91 Å². The van der Waals surface area contributed by atoms with Crippen LogP contribution < -0.4 is 26.6 Å². The van der Waals surface area contributed by atoms with Crippen molar-refractivity contribution >= 4 is 34.9 Å². The molecular weight excluding hydrogens is 504 g/mol. The van der Waals surface area contributed by atoms with Gasteiger partial charge in [-0.25, -0.2) is 9.97 Å². The van der Waals surface area contributed by atoms with Gasteiger partial charge in [-0.05, 0) is 80.5 Å². The smallest absolute Gasteiger partial charge is 0.256 e. The number of piperidine rings is 1. The fraction of sp³-hybridized carbons (Fsp3) is 0.400. The number of fused-ring (bicyclic) bond motifs is 1. The van der Waals surface area contributed by atoms with Crippen molar-refractivity contribution in [3.05, 3.63) is 72.1 Å². The van der Waals surface area contributed by atoms with Crippen molar-refractivity contribution in [1.29, 1.82) is 0 Å². The summed E-state index contributed by atoms with van der Waals surface area (Å²) in [6.07, 6.45) is 7.35. The number of aliphatic hydroxyl groups is 1. The molecule has 210 valence electrons. The molecule has 1 amide bonds. The summed E-state index contributed by atoms with van der Waals surface area (Å²) in [7, 11) is 0. The Kier molecular flexibility index (Phi) is 8.27. The normalized spacial score (nSPS) is 18.7. The van der Waals surface area contributed by atoms with E-state index in [0.717, 1.165) is 50.1 Å². The van der Waals surface area contributed by atoms with Gasteiger partial charge >= 0.3 is 0 Å². The first-order valence-corrected chi connectivity index (χ1v) is 14.0. The summed E-state index contributed by atoms with van der Waals surface area (Å²) in [6, 6.07) is 12.0. The van der Waals surface area contributed by atoms with E-state index in [1.165, 1.54) is 11.9 Å². The Hall–Kier alpha value is -4.02. The van der Waals surface area contributed by atoms with Crippen molar-refractivity contribution in [2.45, 2.75) is 44.6 Å². The highest BCUT2D eigenvalue weighted by Crippen LogP contribution is 2.39. The zero-order valence-corrected chi connectivity index (χ0v) is 23.0. The van der Waals surface area contributed by atoms with E-state index in [1.54, 1.807) is 6.08 Å². The van der Waals surface area contributed by atoms with Crippen LogP contribution in [-0.4, -0.2) is 52.1 Å². The van der Waals surface area contributed by atoms with Gasteiger partial charge in [-0.15, -0.1) is 6.58 Å². The van der Waals surface area contributed by atoms with E-state index < -0.39 is 5.60 Å². The van der Waals surface area contributed by atoms with Crippen LogP contribution in [0.5, 0.6) is 0 Å². The monoisotopic (exact) mass is 542 g/mol. The number of aryl methyl sites for hydroxylation is 1. The lowest BCUT2D eigenvalue weighted by molar-refractivity contribution is 0.0307. The van der Waals surface area contributed by atoms with Crippen LogP contribution in [0.25, 0.3) is 0 Å². The fourth-order valence-electron chi connectivity index (χ4n) is 5.36. The van der Waals surface area contributed by atoms with Crippen LogP contribution in [-0.2, 0) is 12.0 Å². The quantitative estimate of drug-likeness (QED) is 0.240. The number of carbonyl (C=O) groups is 1. The molecular formula is C30H38N8O2. The highest BCUT2D eigenvalue weighted by molar-refractivity contribution is 5.99. The second-order valence-electron chi connectivity index (χ2n) is 10.5. The van der Waals surface area contributed by atoms with Crippen molar-refractivity contribution in [1.82, 2.24) is 20.3 Å². The molecule has 5 rings (SSSR count). The molecule has 3 aromatic rings. The van der Waals surface area contributed by atoms with Crippen molar-refractivity contribution in [2.24, 2.45) is 11.7 Å². The van der Waals surface area contributed by atoms with Gasteiger partial charge in [-0.3, -0.25) is 4.79 Å². The van der Waals surface area contributed by atoms with Gasteiger partial charge in [0.15, 0.2) is 0 Å². The number of pyridine rings is 1. The lowest BCUT2D eigenvalue weighted by atomic mass is 9.97. The molecule has 2 aromatic heterocycles. The Labute approximate surface area is 235 Å². The minimum Gasteiger partial charge on any atom is -0.384 e. The third-order valence-corrected chi connectivity index (χ3v) is 7.94. The van der Waals surface area contributed by atoms with Gasteiger partial charge in [0.05, 0.1) is 5.69 Å². The Morgan fingerprint density at radius 3 is 2.65 bits per heavy atom. The molecule has 0 radical (unpaired) electrons. The summed E-state index contributed by atoms with van der Waals surface area (Å²) in [5, 5.41) is 20.2. The van der Waals surface area contributed by atoms with Gasteiger partial charge in [-0.2, -0.15) is 4.98 Å². The Bertz CT molecular complexity index is 1350. The molecule has 0 saturated carbocycles. The van der Waals surface area contributed by atoms with E-state index in [2.05, 4.69) is 49.5 Å². The zero-order valence-electron chi connectivity index (χ0n) is 23.0. The summed E-state index contributed by atoms with van der Waals surface area (Å²) in [4.78, 5) is 29.0. The molecule has 0 bridgehead atoms. The third kappa shape index (κ3) is 5.93. The topological polar surface area (TPSA) is 141 Å². The predicted molar refractivity (Wildman–Crippen MR) is 158 cm³/mol. The molecule has 1 aromatic carbocycles. The summed E-state index contributed by atoms with van der Waals surface area (Å²) in [5.41, 5.74) is 8.89. The number of nitrogens with zero attached hydrogens (tertiary/aromatic N) is 4. The lowest BCUT2D eigenvalue weighted by Crippen LogP contribution is -2.35. The first kappa shape index (κ1) is 27.5. The first-order chi connectivity index (χ1) is 19.4. The number of hydrogen-bond donors (Lipinski definition) is 5. The van der Waals surface area contributed by atoms with E-state index in [1.807, 2.05) is 31.2 Å². The summed E-state index contributed by atoms with van der Waals surface area (Å²) in [6.45, 7) is 8.71. The SMILES string of the molecule is C=CCNC(=O)c1cnc(Nc2ccc(N3CCC(CN)CC3)cc2)nc1Nc1ccc2c(n1)[C@@](O)(CC)CC2. The van der Waals surface area contributed by atoms with Gasteiger partial charge < -0.3 is 31.7 Å². The molecule has 10 heteroatoms. The van der Waals surface area contributed by atoms with Gasteiger partial charge in [0, 0.05) is 37.2 Å². The maximum Gasteiger partial charge on any atom is 0.256 e. The van der Waals surface area contributed by atoms with E-state index >= 15 is 0 Å². The highest BCUT2D eigenvalue weighted by Gasteiger charge is 2.36. The number of nitrogens with two attached hydrogens (primary N) is 1. The van der Waals surface area contributed by atoms with Crippen LogP contribution in [0, 0.1) is 5.92 Å². The molecule has 10 nitrogen and oxygen atoms in total.